The lowest BCUT2D eigenvalue weighted by Crippen LogP contribution is -2.33. The maximum absolute atomic E-state index is 12.9. The van der Waals surface area contributed by atoms with Crippen LogP contribution in [0.4, 0.5) is 10.2 Å². The van der Waals surface area contributed by atoms with Gasteiger partial charge in [-0.1, -0.05) is 18.2 Å². The van der Waals surface area contributed by atoms with Gasteiger partial charge in [0.1, 0.15) is 11.6 Å². The van der Waals surface area contributed by atoms with E-state index in [0.717, 1.165) is 15.4 Å². The predicted molar refractivity (Wildman–Crippen MR) is 87.2 cm³/mol. The number of nitrogens with one attached hydrogen (secondary N) is 2. The largest absolute Gasteiger partial charge is 0.383 e. The quantitative estimate of drug-likeness (QED) is 0.670. The van der Waals surface area contributed by atoms with Crippen molar-refractivity contribution in [2.24, 2.45) is 0 Å². The Morgan fingerprint density at radius 2 is 1.95 bits per heavy atom. The van der Waals surface area contributed by atoms with Gasteiger partial charge in [0.05, 0.1) is 12.1 Å². The molecular weight excluding hydrogens is 349 g/mol. The highest BCUT2D eigenvalue weighted by Crippen LogP contribution is 2.24. The molecule has 3 aromatic rings. The lowest BCUT2D eigenvalue weighted by atomic mass is 10.2. The number of hydrogen-bond donors (Lipinski definition) is 3. The molecular formula is C15H13BrFN5. The van der Waals surface area contributed by atoms with Gasteiger partial charge in [-0.25, -0.2) is 14.1 Å². The molecule has 0 fully saturated rings. The number of rotatable bonds is 3. The molecule has 4 N–H and O–H groups in total. The Bertz CT molecular complexity index is 889. The fourth-order valence-electron chi connectivity index (χ4n) is 2.16. The molecule has 22 heavy (non-hydrogen) atoms. The Morgan fingerprint density at radius 1 is 1.23 bits per heavy atom. The monoisotopic (exact) mass is 361 g/mol. The van der Waals surface area contributed by atoms with Crippen LogP contribution in [0.15, 0.2) is 46.9 Å². The summed E-state index contributed by atoms with van der Waals surface area (Å²) >= 11 is 3.41. The lowest BCUT2D eigenvalue weighted by molar-refractivity contribution is 0.626. The first-order valence-electron chi connectivity index (χ1n) is 6.56. The van der Waals surface area contributed by atoms with Gasteiger partial charge in [0.15, 0.2) is 0 Å². The van der Waals surface area contributed by atoms with Crippen molar-refractivity contribution in [2.45, 2.75) is 6.54 Å². The standard InChI is InChI=1S/C15H13BrFN5/c16-12-3-1-2-11-13(12)21-15(19)22(14(11)18)20-8-9-4-6-10(17)7-5-9/h1-7,19-20H,8,18H2. The first-order chi connectivity index (χ1) is 10.6. The van der Waals surface area contributed by atoms with Crippen LogP contribution in [0.3, 0.4) is 0 Å². The number of anilines is 1. The molecule has 1 aromatic heterocycles. The maximum atomic E-state index is 12.9. The third kappa shape index (κ3) is 2.67. The molecule has 0 atom stereocenters. The molecule has 0 radical (unpaired) electrons. The zero-order valence-electron chi connectivity index (χ0n) is 11.5. The van der Waals surface area contributed by atoms with Crippen molar-refractivity contribution in [1.82, 2.24) is 9.66 Å². The van der Waals surface area contributed by atoms with Gasteiger partial charge < -0.3 is 11.2 Å². The third-order valence-corrected chi connectivity index (χ3v) is 3.93. The van der Waals surface area contributed by atoms with Crippen LogP contribution >= 0.6 is 15.9 Å². The van der Waals surface area contributed by atoms with Crippen molar-refractivity contribution in [3.05, 3.63) is 63.9 Å². The van der Waals surface area contributed by atoms with E-state index in [9.17, 15) is 4.39 Å². The molecule has 112 valence electrons. The molecule has 0 aliphatic heterocycles. The second kappa shape index (κ2) is 5.76. The average molecular weight is 362 g/mol. The van der Waals surface area contributed by atoms with Gasteiger partial charge in [-0.3, -0.25) is 5.41 Å². The topological polar surface area (TPSA) is 79.7 Å². The SMILES string of the molecule is N=c1nc2c(Br)cccc2c(N)n1NCc1ccc(F)cc1. The van der Waals surface area contributed by atoms with E-state index in [4.69, 9.17) is 11.1 Å². The van der Waals surface area contributed by atoms with Crippen molar-refractivity contribution >= 4 is 32.7 Å². The molecule has 0 unspecified atom stereocenters. The minimum atomic E-state index is -0.283. The highest BCUT2D eigenvalue weighted by atomic mass is 79.9. The molecule has 0 saturated heterocycles. The first kappa shape index (κ1) is 14.5. The number of nitrogens with two attached hydrogens (primary N) is 1. The van der Waals surface area contributed by atoms with Crippen molar-refractivity contribution in [1.29, 1.82) is 5.41 Å². The zero-order chi connectivity index (χ0) is 15.7. The molecule has 3 rings (SSSR count). The van der Waals surface area contributed by atoms with E-state index in [2.05, 4.69) is 26.3 Å². The smallest absolute Gasteiger partial charge is 0.243 e. The van der Waals surface area contributed by atoms with Crippen LogP contribution in [0, 0.1) is 11.2 Å². The number of nitrogens with zero attached hydrogens (tertiary/aromatic N) is 2. The summed E-state index contributed by atoms with van der Waals surface area (Å²) < 4.78 is 15.1. The molecule has 0 aliphatic rings. The van der Waals surface area contributed by atoms with Crippen molar-refractivity contribution in [3.63, 3.8) is 0 Å². The fourth-order valence-corrected chi connectivity index (χ4v) is 2.61. The number of hydrogen-bond acceptors (Lipinski definition) is 4. The Balaban J connectivity index is 1.97. The average Bonchev–Trinajstić information content (AvgIpc) is 2.50. The van der Waals surface area contributed by atoms with Crippen molar-refractivity contribution in [2.75, 3.05) is 11.2 Å². The lowest BCUT2D eigenvalue weighted by Gasteiger charge is -2.15. The number of fused-ring (bicyclic) bond motifs is 1. The Labute approximate surface area is 134 Å². The molecule has 0 amide bonds. The van der Waals surface area contributed by atoms with Gasteiger partial charge in [-0.2, -0.15) is 0 Å². The molecule has 0 aliphatic carbocycles. The number of halogens is 2. The van der Waals surface area contributed by atoms with Crippen LogP contribution in [-0.2, 0) is 6.54 Å². The fraction of sp³-hybridized carbons (Fsp3) is 0.0667. The highest BCUT2D eigenvalue weighted by molar-refractivity contribution is 9.10. The van der Waals surface area contributed by atoms with Crippen LogP contribution in [0.25, 0.3) is 10.9 Å². The van der Waals surface area contributed by atoms with Crippen LogP contribution in [-0.4, -0.2) is 9.66 Å². The summed E-state index contributed by atoms with van der Waals surface area (Å²) in [6, 6.07) is 11.7. The molecule has 2 aromatic carbocycles. The van der Waals surface area contributed by atoms with E-state index in [0.29, 0.717) is 17.9 Å². The summed E-state index contributed by atoms with van der Waals surface area (Å²) in [7, 11) is 0. The predicted octanol–water partition coefficient (Wildman–Crippen LogP) is 2.74. The van der Waals surface area contributed by atoms with Crippen molar-refractivity contribution < 1.29 is 4.39 Å². The maximum Gasteiger partial charge on any atom is 0.243 e. The van der Waals surface area contributed by atoms with E-state index in [1.807, 2.05) is 18.2 Å². The minimum Gasteiger partial charge on any atom is -0.383 e. The first-order valence-corrected chi connectivity index (χ1v) is 7.35. The highest BCUT2D eigenvalue weighted by Gasteiger charge is 2.08. The van der Waals surface area contributed by atoms with E-state index >= 15 is 0 Å². The van der Waals surface area contributed by atoms with Crippen LogP contribution < -0.4 is 16.8 Å². The summed E-state index contributed by atoms with van der Waals surface area (Å²) in [5.41, 5.74) is 10.7. The summed E-state index contributed by atoms with van der Waals surface area (Å²) in [4.78, 5) is 4.24. The second-order valence-corrected chi connectivity index (χ2v) is 5.61. The second-order valence-electron chi connectivity index (χ2n) is 4.75. The number of nitrogen functional groups attached to an aromatic ring is 1. The van der Waals surface area contributed by atoms with E-state index in [-0.39, 0.29) is 11.4 Å². The van der Waals surface area contributed by atoms with Gasteiger partial charge in [0.25, 0.3) is 0 Å². The van der Waals surface area contributed by atoms with Gasteiger partial charge in [0, 0.05) is 9.86 Å². The summed E-state index contributed by atoms with van der Waals surface area (Å²) in [5.74, 6) is 0.118. The number of aromatic nitrogens is 2. The zero-order valence-corrected chi connectivity index (χ0v) is 13.1. The number of para-hydroxylation sites is 1. The summed E-state index contributed by atoms with van der Waals surface area (Å²) in [6.45, 7) is 0.405. The van der Waals surface area contributed by atoms with Crippen LogP contribution in [0.2, 0.25) is 0 Å². The molecule has 7 heteroatoms. The van der Waals surface area contributed by atoms with Gasteiger partial charge >= 0.3 is 0 Å². The van der Waals surface area contributed by atoms with Gasteiger partial charge in [-0.05, 0) is 45.8 Å². The Kier molecular flexibility index (Phi) is 3.81. The molecule has 0 spiro atoms. The Hall–Kier alpha value is -2.41. The normalized spacial score (nSPS) is 10.8. The van der Waals surface area contributed by atoms with Crippen LogP contribution in [0.5, 0.6) is 0 Å². The summed E-state index contributed by atoms with van der Waals surface area (Å²) in [5, 5.41) is 8.77. The third-order valence-electron chi connectivity index (χ3n) is 3.29. The van der Waals surface area contributed by atoms with E-state index < -0.39 is 0 Å². The van der Waals surface area contributed by atoms with Gasteiger partial charge in [-0.15, -0.1) is 0 Å². The molecule has 5 nitrogen and oxygen atoms in total. The minimum absolute atomic E-state index is 0.000915. The van der Waals surface area contributed by atoms with E-state index in [1.165, 1.54) is 16.8 Å². The number of benzene rings is 2. The van der Waals surface area contributed by atoms with Crippen molar-refractivity contribution in [3.8, 4) is 0 Å². The molecule has 0 saturated carbocycles. The van der Waals surface area contributed by atoms with Crippen LogP contribution in [0.1, 0.15) is 5.56 Å². The summed E-state index contributed by atoms with van der Waals surface area (Å²) in [6.07, 6.45) is 0. The Morgan fingerprint density at radius 3 is 2.68 bits per heavy atom. The molecule has 1 heterocycles. The molecule has 0 bridgehead atoms. The van der Waals surface area contributed by atoms with E-state index in [1.54, 1.807) is 12.1 Å². The van der Waals surface area contributed by atoms with Gasteiger partial charge in [0.2, 0.25) is 5.62 Å².